The number of methoxy groups -OCH3 is 2. The van der Waals surface area contributed by atoms with Gasteiger partial charge in [-0.15, -0.1) is 0 Å². The fourth-order valence-electron chi connectivity index (χ4n) is 1.11. The summed E-state index contributed by atoms with van der Waals surface area (Å²) in [5.74, 6) is -1.27. The molecule has 1 heterocycles. The third-order valence-corrected chi connectivity index (χ3v) is 1.80. The average Bonchev–Trinajstić information content (AvgIpc) is 2.18. The fraction of sp³-hybridized carbons (Fsp3) is 0.500. The van der Waals surface area contributed by atoms with Crippen LogP contribution in [0.5, 0.6) is 0 Å². The van der Waals surface area contributed by atoms with Crippen LogP contribution < -0.4 is 0 Å². The van der Waals surface area contributed by atoms with Crippen LogP contribution in [-0.2, 0) is 14.3 Å². The normalized spacial score (nSPS) is 19.9. The molecule has 0 radical (unpaired) electrons. The summed E-state index contributed by atoms with van der Waals surface area (Å²) < 4.78 is 10.1. The van der Waals surface area contributed by atoms with Gasteiger partial charge in [-0.3, -0.25) is 4.79 Å². The van der Waals surface area contributed by atoms with Gasteiger partial charge in [0.15, 0.2) is 6.29 Å². The van der Waals surface area contributed by atoms with Gasteiger partial charge in [-0.1, -0.05) is 0 Å². The van der Waals surface area contributed by atoms with Crippen LogP contribution in [0.4, 0.5) is 0 Å². The van der Waals surface area contributed by atoms with E-state index in [-0.39, 0.29) is 0 Å². The van der Waals surface area contributed by atoms with E-state index in [0.29, 0.717) is 11.9 Å². The van der Waals surface area contributed by atoms with E-state index >= 15 is 0 Å². The Hall–Kier alpha value is -1.20. The molecule has 0 N–H and O–H groups in total. The van der Waals surface area contributed by atoms with Crippen molar-refractivity contribution in [2.24, 2.45) is 4.99 Å². The first kappa shape index (κ1) is 9.88. The molecule has 0 saturated heterocycles. The lowest BCUT2D eigenvalue weighted by Gasteiger charge is -2.30. The molecule has 0 bridgehead atoms. The number of nitrogens with zero attached hydrogens (tertiary/aromatic N) is 2. The number of rotatable bonds is 3. The molecule has 13 heavy (non-hydrogen) atoms. The standard InChI is InChI=1S/C8H12N2O3/c1-10-4-7(5-11)8(12-2,13-3)9-6-10/h4-6H,1-3H3. The molecule has 5 nitrogen and oxygen atoms in total. The van der Waals surface area contributed by atoms with Gasteiger partial charge in [-0.05, 0) is 0 Å². The molecular weight excluding hydrogens is 172 g/mol. The number of hydrogen-bond donors (Lipinski definition) is 0. The van der Waals surface area contributed by atoms with Crippen molar-refractivity contribution in [1.82, 2.24) is 4.90 Å². The SMILES string of the molecule is COC1(OC)N=CN(C)C=C1C=O. The lowest BCUT2D eigenvalue weighted by atomic mass is 10.2. The molecule has 0 amide bonds. The molecule has 0 fully saturated rings. The molecule has 1 rings (SSSR count). The van der Waals surface area contributed by atoms with Crippen LogP contribution in [0, 0.1) is 0 Å². The molecular formula is C8H12N2O3. The lowest BCUT2D eigenvalue weighted by Crippen LogP contribution is -2.39. The van der Waals surface area contributed by atoms with Gasteiger partial charge in [0, 0.05) is 27.5 Å². The maximum Gasteiger partial charge on any atom is 0.303 e. The van der Waals surface area contributed by atoms with E-state index in [0.717, 1.165) is 0 Å². The van der Waals surface area contributed by atoms with Gasteiger partial charge in [-0.2, -0.15) is 0 Å². The zero-order chi connectivity index (χ0) is 9.90. The summed E-state index contributed by atoms with van der Waals surface area (Å²) in [7, 11) is 4.63. The summed E-state index contributed by atoms with van der Waals surface area (Å²) >= 11 is 0. The van der Waals surface area contributed by atoms with E-state index in [1.54, 1.807) is 18.1 Å². The zero-order valence-electron chi connectivity index (χ0n) is 7.85. The van der Waals surface area contributed by atoms with Crippen LogP contribution in [0.3, 0.4) is 0 Å². The van der Waals surface area contributed by atoms with Crippen molar-refractivity contribution in [3.05, 3.63) is 11.8 Å². The van der Waals surface area contributed by atoms with Gasteiger partial charge < -0.3 is 14.4 Å². The second-order valence-corrected chi connectivity index (χ2v) is 2.60. The van der Waals surface area contributed by atoms with Crippen LogP contribution in [0.2, 0.25) is 0 Å². The summed E-state index contributed by atoms with van der Waals surface area (Å²) in [6.07, 6.45) is 3.80. The quantitative estimate of drug-likeness (QED) is 0.457. The van der Waals surface area contributed by atoms with Crippen molar-refractivity contribution in [2.45, 2.75) is 5.91 Å². The highest BCUT2D eigenvalue weighted by atomic mass is 16.7. The largest absolute Gasteiger partial charge is 0.342 e. The van der Waals surface area contributed by atoms with Crippen molar-refractivity contribution in [2.75, 3.05) is 21.3 Å². The van der Waals surface area contributed by atoms with Gasteiger partial charge >= 0.3 is 5.91 Å². The summed E-state index contributed by atoms with van der Waals surface area (Å²) in [5, 5.41) is 0. The minimum Gasteiger partial charge on any atom is -0.342 e. The van der Waals surface area contributed by atoms with Gasteiger partial charge in [-0.25, -0.2) is 4.99 Å². The van der Waals surface area contributed by atoms with E-state index in [4.69, 9.17) is 9.47 Å². The second-order valence-electron chi connectivity index (χ2n) is 2.60. The molecule has 1 aliphatic heterocycles. The third kappa shape index (κ3) is 1.61. The predicted molar refractivity (Wildman–Crippen MR) is 47.2 cm³/mol. The second kappa shape index (κ2) is 3.68. The van der Waals surface area contributed by atoms with Crippen LogP contribution >= 0.6 is 0 Å². The molecule has 0 aromatic carbocycles. The molecule has 0 aromatic rings. The van der Waals surface area contributed by atoms with E-state index in [9.17, 15) is 4.79 Å². The Bertz CT molecular complexity index is 256. The first-order valence-electron chi connectivity index (χ1n) is 3.73. The van der Waals surface area contributed by atoms with E-state index < -0.39 is 5.91 Å². The number of carbonyl (C=O) groups excluding carboxylic acids is 1. The average molecular weight is 184 g/mol. The monoisotopic (exact) mass is 184 g/mol. The number of carbonyl (C=O) groups is 1. The first-order valence-corrected chi connectivity index (χ1v) is 3.73. The highest BCUT2D eigenvalue weighted by Crippen LogP contribution is 2.24. The number of hydrogen-bond acceptors (Lipinski definition) is 5. The molecule has 0 saturated carbocycles. The molecule has 0 aliphatic carbocycles. The predicted octanol–water partition coefficient (Wildman–Crippen LogP) is -0.0105. The van der Waals surface area contributed by atoms with Crippen LogP contribution in [0.15, 0.2) is 16.8 Å². The van der Waals surface area contributed by atoms with Crippen molar-refractivity contribution in [1.29, 1.82) is 0 Å². The highest BCUT2D eigenvalue weighted by molar-refractivity contribution is 5.78. The van der Waals surface area contributed by atoms with Crippen LogP contribution in [-0.4, -0.2) is 44.7 Å². The summed E-state index contributed by atoms with van der Waals surface area (Å²) in [5.41, 5.74) is 0.336. The summed E-state index contributed by atoms with van der Waals surface area (Å²) in [4.78, 5) is 16.4. The van der Waals surface area contributed by atoms with Crippen LogP contribution in [0.25, 0.3) is 0 Å². The molecule has 0 atom stereocenters. The molecule has 0 unspecified atom stereocenters. The third-order valence-electron chi connectivity index (χ3n) is 1.80. The molecule has 1 aliphatic rings. The molecule has 72 valence electrons. The van der Waals surface area contributed by atoms with Gasteiger partial charge in [0.25, 0.3) is 0 Å². The maximum absolute atomic E-state index is 10.7. The number of ether oxygens (including phenoxy) is 2. The smallest absolute Gasteiger partial charge is 0.303 e. The Morgan fingerprint density at radius 2 is 2.15 bits per heavy atom. The Labute approximate surface area is 76.6 Å². The topological polar surface area (TPSA) is 51.1 Å². The summed E-state index contributed by atoms with van der Waals surface area (Å²) in [6.45, 7) is 0. The van der Waals surface area contributed by atoms with Crippen molar-refractivity contribution < 1.29 is 14.3 Å². The Morgan fingerprint density at radius 1 is 1.54 bits per heavy atom. The lowest BCUT2D eigenvalue weighted by molar-refractivity contribution is -0.174. The van der Waals surface area contributed by atoms with Crippen molar-refractivity contribution in [3.8, 4) is 0 Å². The Balaban J connectivity index is 3.03. The Kier molecular flexibility index (Phi) is 2.79. The van der Waals surface area contributed by atoms with E-state index in [2.05, 4.69) is 4.99 Å². The fourth-order valence-corrected chi connectivity index (χ4v) is 1.11. The number of aliphatic imine (C=N–C) groups is 1. The van der Waals surface area contributed by atoms with Gasteiger partial charge in [0.05, 0.1) is 11.9 Å². The first-order chi connectivity index (χ1) is 6.18. The maximum atomic E-state index is 10.7. The number of aldehydes is 1. The van der Waals surface area contributed by atoms with Gasteiger partial charge in [0.1, 0.15) is 0 Å². The Morgan fingerprint density at radius 3 is 2.62 bits per heavy atom. The molecule has 0 spiro atoms. The molecule has 0 aromatic heterocycles. The van der Waals surface area contributed by atoms with E-state index in [1.165, 1.54) is 20.6 Å². The highest BCUT2D eigenvalue weighted by Gasteiger charge is 2.36. The minimum atomic E-state index is -1.27. The van der Waals surface area contributed by atoms with Gasteiger partial charge in [0.2, 0.25) is 0 Å². The minimum absolute atomic E-state index is 0.336. The summed E-state index contributed by atoms with van der Waals surface area (Å²) in [6, 6.07) is 0. The van der Waals surface area contributed by atoms with Crippen molar-refractivity contribution in [3.63, 3.8) is 0 Å². The molecule has 5 heteroatoms. The van der Waals surface area contributed by atoms with Crippen LogP contribution in [0.1, 0.15) is 0 Å². The zero-order valence-corrected chi connectivity index (χ0v) is 7.85. The van der Waals surface area contributed by atoms with Crippen molar-refractivity contribution >= 4 is 12.6 Å². The van der Waals surface area contributed by atoms with E-state index in [1.807, 2.05) is 0 Å².